The number of ether oxygens (including phenoxy) is 1. The van der Waals surface area contributed by atoms with Gasteiger partial charge in [-0.15, -0.1) is 0 Å². The monoisotopic (exact) mass is 309 g/mol. The minimum atomic E-state index is -0.0614. The lowest BCUT2D eigenvalue weighted by Gasteiger charge is -2.18. The average Bonchev–Trinajstić information content (AvgIpc) is 3.28. The van der Waals surface area contributed by atoms with Crippen LogP contribution < -0.4 is 10.1 Å². The van der Waals surface area contributed by atoms with Crippen molar-refractivity contribution < 1.29 is 9.53 Å². The average molecular weight is 309 g/mol. The van der Waals surface area contributed by atoms with E-state index in [1.54, 1.807) is 7.11 Å². The summed E-state index contributed by atoms with van der Waals surface area (Å²) in [5, 5.41) is 3.24. The van der Waals surface area contributed by atoms with Crippen LogP contribution in [0.2, 0.25) is 0 Å². The Labute approximate surface area is 137 Å². The first-order valence-electron chi connectivity index (χ1n) is 8.08. The van der Waals surface area contributed by atoms with E-state index in [1.807, 2.05) is 42.5 Å². The van der Waals surface area contributed by atoms with Gasteiger partial charge >= 0.3 is 0 Å². The molecule has 0 radical (unpaired) electrons. The third-order valence-corrected chi connectivity index (χ3v) is 4.42. The van der Waals surface area contributed by atoms with E-state index in [1.165, 1.54) is 11.1 Å². The third-order valence-electron chi connectivity index (χ3n) is 4.42. The number of amides is 1. The molecule has 2 aromatic carbocycles. The van der Waals surface area contributed by atoms with E-state index in [4.69, 9.17) is 4.74 Å². The molecule has 1 fully saturated rings. The molecule has 0 atom stereocenters. The minimum Gasteiger partial charge on any atom is -0.497 e. The summed E-state index contributed by atoms with van der Waals surface area (Å²) in [6.07, 6.45) is 3.40. The van der Waals surface area contributed by atoms with Gasteiger partial charge in [0.2, 0.25) is 5.91 Å². The maximum absolute atomic E-state index is 12.3. The molecule has 1 aliphatic rings. The van der Waals surface area contributed by atoms with Crippen molar-refractivity contribution in [3.05, 3.63) is 65.2 Å². The molecule has 2 aromatic rings. The van der Waals surface area contributed by atoms with Crippen LogP contribution in [0.1, 0.15) is 29.5 Å². The first kappa shape index (κ1) is 15.6. The molecular formula is C20H23NO2. The van der Waals surface area contributed by atoms with E-state index in [0.717, 1.165) is 30.6 Å². The van der Waals surface area contributed by atoms with Gasteiger partial charge in [0.15, 0.2) is 0 Å². The maximum atomic E-state index is 12.3. The normalized spacial score (nSPS) is 15.0. The number of carbonyl (C=O) groups is 1. The molecule has 0 spiro atoms. The van der Waals surface area contributed by atoms with Crippen LogP contribution in [0.15, 0.2) is 48.5 Å². The lowest BCUT2D eigenvalue weighted by molar-refractivity contribution is -0.121. The first-order chi connectivity index (χ1) is 11.1. The Morgan fingerprint density at radius 3 is 2.52 bits per heavy atom. The number of rotatable bonds is 6. The highest BCUT2D eigenvalue weighted by atomic mass is 16.5. The molecule has 0 aliphatic heterocycles. The van der Waals surface area contributed by atoms with Crippen molar-refractivity contribution in [3.8, 4) is 5.75 Å². The summed E-state index contributed by atoms with van der Waals surface area (Å²) in [7, 11) is 1.68. The van der Waals surface area contributed by atoms with Crippen LogP contribution in [-0.2, 0) is 17.6 Å². The molecule has 0 aromatic heterocycles. The van der Waals surface area contributed by atoms with Gasteiger partial charge in [-0.05, 0) is 49.4 Å². The van der Waals surface area contributed by atoms with E-state index < -0.39 is 0 Å². The Bertz CT molecular complexity index is 687. The van der Waals surface area contributed by atoms with Crippen molar-refractivity contribution in [2.75, 3.05) is 7.11 Å². The van der Waals surface area contributed by atoms with Crippen LogP contribution >= 0.6 is 0 Å². The van der Waals surface area contributed by atoms with Crippen LogP contribution in [0.5, 0.6) is 5.75 Å². The Morgan fingerprint density at radius 1 is 1.13 bits per heavy atom. The summed E-state index contributed by atoms with van der Waals surface area (Å²) in [6, 6.07) is 16.2. The molecule has 23 heavy (non-hydrogen) atoms. The molecule has 3 nitrogen and oxygen atoms in total. The van der Waals surface area contributed by atoms with Crippen molar-refractivity contribution in [3.63, 3.8) is 0 Å². The summed E-state index contributed by atoms with van der Waals surface area (Å²) >= 11 is 0. The zero-order valence-electron chi connectivity index (χ0n) is 13.8. The zero-order valence-corrected chi connectivity index (χ0v) is 13.8. The highest BCUT2D eigenvalue weighted by Crippen LogP contribution is 2.39. The number of aryl methyl sites for hydroxylation is 1. The van der Waals surface area contributed by atoms with Gasteiger partial charge in [-0.1, -0.05) is 42.0 Å². The fraction of sp³-hybridized carbons (Fsp3) is 0.350. The molecule has 3 heteroatoms. The van der Waals surface area contributed by atoms with Gasteiger partial charge in [-0.25, -0.2) is 0 Å². The quantitative estimate of drug-likeness (QED) is 0.887. The van der Waals surface area contributed by atoms with E-state index in [2.05, 4.69) is 18.3 Å². The Hall–Kier alpha value is -2.29. The highest BCUT2D eigenvalue weighted by molar-refractivity contribution is 5.79. The molecular weight excluding hydrogens is 286 g/mol. The van der Waals surface area contributed by atoms with Crippen molar-refractivity contribution in [2.45, 2.75) is 38.1 Å². The Balaban J connectivity index is 1.60. The molecule has 3 rings (SSSR count). The van der Waals surface area contributed by atoms with Gasteiger partial charge in [0.05, 0.1) is 13.5 Å². The maximum Gasteiger partial charge on any atom is 0.224 e. The van der Waals surface area contributed by atoms with Crippen molar-refractivity contribution >= 4 is 5.91 Å². The van der Waals surface area contributed by atoms with Crippen LogP contribution in [-0.4, -0.2) is 18.6 Å². The summed E-state index contributed by atoms with van der Waals surface area (Å²) in [5.41, 5.74) is 3.42. The molecule has 0 unspecified atom stereocenters. The second kappa shape index (κ2) is 6.45. The molecule has 1 saturated carbocycles. The second-order valence-electron chi connectivity index (χ2n) is 6.52. The van der Waals surface area contributed by atoms with Crippen molar-refractivity contribution in [2.24, 2.45) is 0 Å². The minimum absolute atomic E-state index is 0.0614. The van der Waals surface area contributed by atoms with Crippen molar-refractivity contribution in [1.29, 1.82) is 0 Å². The number of nitrogens with one attached hydrogen (secondary N) is 1. The smallest absolute Gasteiger partial charge is 0.224 e. The number of carbonyl (C=O) groups excluding carboxylic acids is 1. The lowest BCUT2D eigenvalue weighted by Crippen LogP contribution is -2.39. The standard InChI is InChI=1S/C20H23NO2/c1-15-6-8-16(9-7-15)13-19(22)21-20(10-11-20)14-17-4-3-5-18(12-17)23-2/h3-9,12H,10-11,13-14H2,1-2H3,(H,21,22). The number of methoxy groups -OCH3 is 1. The summed E-state index contributed by atoms with van der Waals surface area (Å²) in [6.45, 7) is 2.05. The van der Waals surface area contributed by atoms with Crippen LogP contribution in [0, 0.1) is 6.92 Å². The molecule has 0 bridgehead atoms. The predicted octanol–water partition coefficient (Wildman–Crippen LogP) is 3.44. The van der Waals surface area contributed by atoms with E-state index in [-0.39, 0.29) is 11.4 Å². The lowest BCUT2D eigenvalue weighted by atomic mass is 10.0. The van der Waals surface area contributed by atoms with E-state index in [9.17, 15) is 4.79 Å². The number of hydrogen-bond acceptors (Lipinski definition) is 2. The van der Waals surface area contributed by atoms with Gasteiger partial charge in [-0.3, -0.25) is 4.79 Å². The largest absolute Gasteiger partial charge is 0.497 e. The van der Waals surface area contributed by atoms with Gasteiger partial charge in [0.1, 0.15) is 5.75 Å². The van der Waals surface area contributed by atoms with Crippen LogP contribution in [0.3, 0.4) is 0 Å². The Morgan fingerprint density at radius 2 is 1.87 bits per heavy atom. The van der Waals surface area contributed by atoms with Crippen LogP contribution in [0.25, 0.3) is 0 Å². The predicted molar refractivity (Wildman–Crippen MR) is 91.7 cm³/mol. The highest BCUT2D eigenvalue weighted by Gasteiger charge is 2.43. The zero-order chi connectivity index (χ0) is 16.3. The first-order valence-corrected chi connectivity index (χ1v) is 8.08. The van der Waals surface area contributed by atoms with Gasteiger partial charge in [0, 0.05) is 5.54 Å². The second-order valence-corrected chi connectivity index (χ2v) is 6.52. The van der Waals surface area contributed by atoms with Gasteiger partial charge < -0.3 is 10.1 Å². The number of hydrogen-bond donors (Lipinski definition) is 1. The van der Waals surface area contributed by atoms with Gasteiger partial charge in [0.25, 0.3) is 0 Å². The van der Waals surface area contributed by atoms with Crippen LogP contribution in [0.4, 0.5) is 0 Å². The Kier molecular flexibility index (Phi) is 4.37. The number of benzene rings is 2. The summed E-state index contributed by atoms with van der Waals surface area (Å²) < 4.78 is 5.27. The molecule has 1 amide bonds. The third kappa shape index (κ3) is 4.13. The fourth-order valence-corrected chi connectivity index (χ4v) is 2.90. The SMILES string of the molecule is COc1cccc(CC2(NC(=O)Cc3ccc(C)cc3)CC2)c1. The van der Waals surface area contributed by atoms with Gasteiger partial charge in [-0.2, -0.15) is 0 Å². The molecule has 0 saturated heterocycles. The molecule has 120 valence electrons. The molecule has 1 aliphatic carbocycles. The summed E-state index contributed by atoms with van der Waals surface area (Å²) in [5.74, 6) is 0.971. The molecule has 1 N–H and O–H groups in total. The summed E-state index contributed by atoms with van der Waals surface area (Å²) in [4.78, 5) is 12.3. The molecule has 0 heterocycles. The van der Waals surface area contributed by atoms with E-state index >= 15 is 0 Å². The topological polar surface area (TPSA) is 38.3 Å². The van der Waals surface area contributed by atoms with Crippen molar-refractivity contribution in [1.82, 2.24) is 5.32 Å². The van der Waals surface area contributed by atoms with E-state index in [0.29, 0.717) is 6.42 Å². The fourth-order valence-electron chi connectivity index (χ4n) is 2.90.